The molecule has 1 heterocycles. The summed E-state index contributed by atoms with van der Waals surface area (Å²) in [5.41, 5.74) is 0.506. The normalized spacial score (nSPS) is 19.6. The van der Waals surface area contributed by atoms with Crippen LogP contribution in [0.2, 0.25) is 0 Å². The fourth-order valence-electron chi connectivity index (χ4n) is 3.09. The maximum atomic E-state index is 12.1. The van der Waals surface area contributed by atoms with E-state index in [1.165, 1.54) is 0 Å². The van der Waals surface area contributed by atoms with Gasteiger partial charge in [0.1, 0.15) is 11.8 Å². The van der Waals surface area contributed by atoms with Gasteiger partial charge in [-0.25, -0.2) is 16.9 Å². The molecule has 1 amide bonds. The number of aliphatic carboxylic acids is 2. The van der Waals surface area contributed by atoms with E-state index in [1.54, 1.807) is 38.1 Å². The molecule has 4 N–H and O–H groups in total. The molecule has 0 saturated carbocycles. The zero-order chi connectivity index (χ0) is 23.0. The Bertz CT molecular complexity index is 865. The van der Waals surface area contributed by atoms with E-state index < -0.39 is 40.1 Å². The summed E-state index contributed by atoms with van der Waals surface area (Å²) >= 11 is 1.15. The molecule has 2 aromatic carbocycles. The van der Waals surface area contributed by atoms with Gasteiger partial charge in [0.15, 0.2) is 6.04 Å². The third-order valence-corrected chi connectivity index (χ3v) is 6.21. The summed E-state index contributed by atoms with van der Waals surface area (Å²) in [5.74, 6) is -3.12. The number of hydrogen-bond acceptors (Lipinski definition) is 6. The second-order valence-corrected chi connectivity index (χ2v) is 9.32. The maximum absolute atomic E-state index is 12.1. The van der Waals surface area contributed by atoms with Gasteiger partial charge in [0, 0.05) is 37.1 Å². The van der Waals surface area contributed by atoms with Gasteiger partial charge >= 0.3 is 11.9 Å². The Morgan fingerprint density at radius 2 is 1.59 bits per heavy atom. The Morgan fingerprint density at radius 3 is 2.03 bits per heavy atom. The standard InChI is InChI=1S/C17H21N2O6S.C5H5.Ru/c1-17(2)13(16(24)25)19-14(26-17)12(15(22)23)18-11(21)8-7-10(20)9-5-3-4-6-9;1-2-4-5-3-1;/h3-6,12-14,19H,7-8H2,1-2H3,(H,18,21)(H,22,23)(H,24,25);1-5H;/q-1;-5;/t12-,13-,14-;;/m0../s1. The molecule has 32 heavy (non-hydrogen) atoms. The summed E-state index contributed by atoms with van der Waals surface area (Å²) < 4.78 is -0.733. The van der Waals surface area contributed by atoms with E-state index in [9.17, 15) is 29.4 Å². The van der Waals surface area contributed by atoms with Crippen molar-refractivity contribution in [1.29, 1.82) is 0 Å². The number of thioether (sulfide) groups is 1. The van der Waals surface area contributed by atoms with Crippen molar-refractivity contribution in [2.75, 3.05) is 0 Å². The van der Waals surface area contributed by atoms with Gasteiger partial charge in [0.25, 0.3) is 0 Å². The van der Waals surface area contributed by atoms with Gasteiger partial charge in [0.2, 0.25) is 5.91 Å². The van der Waals surface area contributed by atoms with Gasteiger partial charge < -0.3 is 50.7 Å². The molecule has 1 saturated heterocycles. The van der Waals surface area contributed by atoms with Gasteiger partial charge in [-0.2, -0.15) is 12.1 Å². The van der Waals surface area contributed by atoms with Crippen molar-refractivity contribution in [3.05, 3.63) is 60.2 Å². The van der Waals surface area contributed by atoms with Crippen molar-refractivity contribution in [2.24, 2.45) is 0 Å². The van der Waals surface area contributed by atoms with Crippen LogP contribution >= 0.6 is 11.8 Å². The Labute approximate surface area is 203 Å². The molecule has 1 fully saturated rings. The van der Waals surface area contributed by atoms with Crippen molar-refractivity contribution >= 4 is 35.4 Å². The van der Waals surface area contributed by atoms with Crippen LogP contribution < -0.4 is 10.6 Å². The molecule has 0 aromatic heterocycles. The summed E-state index contributed by atoms with van der Waals surface area (Å²) in [6.07, 6.45) is -0.173. The van der Waals surface area contributed by atoms with Gasteiger partial charge in [0.05, 0.1) is 5.37 Å². The fraction of sp³-hybridized carbons (Fsp3) is 0.364. The quantitative estimate of drug-likeness (QED) is 0.225. The predicted molar refractivity (Wildman–Crippen MR) is 117 cm³/mol. The number of carboxylic acid groups (broad SMARTS) is 2. The molecule has 8 nitrogen and oxygen atoms in total. The van der Waals surface area contributed by atoms with Crippen LogP contribution in [0.1, 0.15) is 37.0 Å². The van der Waals surface area contributed by atoms with Gasteiger partial charge in [-0.1, -0.05) is 5.56 Å². The number of nitrogens with one attached hydrogen (secondary N) is 2. The van der Waals surface area contributed by atoms with E-state index in [1.807, 2.05) is 30.3 Å². The molecule has 0 bridgehead atoms. The Kier molecular flexibility index (Phi) is 11.0. The number of amides is 1. The first-order chi connectivity index (χ1) is 14.6. The van der Waals surface area contributed by atoms with Crippen LogP contribution in [0, 0.1) is 0 Å². The van der Waals surface area contributed by atoms with E-state index in [2.05, 4.69) is 10.6 Å². The molecule has 3 atom stereocenters. The molecular weight excluding hydrogens is 521 g/mol. The zero-order valence-corrected chi connectivity index (χ0v) is 20.2. The van der Waals surface area contributed by atoms with Crippen LogP contribution in [0.15, 0.2) is 54.6 Å². The van der Waals surface area contributed by atoms with E-state index in [-0.39, 0.29) is 38.1 Å². The monoisotopic (exact) mass is 548 g/mol. The second kappa shape index (κ2) is 12.7. The summed E-state index contributed by atoms with van der Waals surface area (Å²) in [5, 5.41) is 23.0. The first kappa shape index (κ1) is 27.7. The van der Waals surface area contributed by atoms with Crippen molar-refractivity contribution < 1.29 is 48.9 Å². The molecule has 0 spiro atoms. The van der Waals surface area contributed by atoms with Crippen LogP contribution in [-0.2, 0) is 33.9 Å². The average Bonchev–Trinajstić information content (AvgIpc) is 3.45. The third kappa shape index (κ3) is 8.00. The van der Waals surface area contributed by atoms with Gasteiger partial charge in [-0.05, 0) is 13.8 Å². The SMILES string of the molecule is CC1(C)S[C@@H]([C@H](NC(=O)CCC(=O)[c-]2cccc2)C(=O)O)N[C@H]1C(=O)O.[Ru].[cH-]1[cH-][cH-][cH-][cH-]1. The Balaban J connectivity index is 0.000000750. The molecule has 2 aromatic rings. The van der Waals surface area contributed by atoms with E-state index in [0.717, 1.165) is 11.8 Å². The zero-order valence-electron chi connectivity index (χ0n) is 17.6. The largest absolute Gasteiger partial charge is 0.748 e. The number of carbonyl (C=O) groups excluding carboxylic acids is 2. The number of carbonyl (C=O) groups is 4. The minimum atomic E-state index is -1.30. The predicted octanol–water partition coefficient (Wildman–Crippen LogP) is 2.24. The van der Waals surface area contributed by atoms with Crippen molar-refractivity contribution in [3.63, 3.8) is 0 Å². The van der Waals surface area contributed by atoms with E-state index >= 15 is 0 Å². The summed E-state index contributed by atoms with van der Waals surface area (Å²) in [6, 6.07) is 14.5. The number of carboxylic acids is 2. The number of ketones is 1. The minimum absolute atomic E-state index is 0. The van der Waals surface area contributed by atoms with Crippen molar-refractivity contribution in [2.45, 2.75) is 48.9 Å². The Hall–Kier alpha value is -2.29. The van der Waals surface area contributed by atoms with Gasteiger partial charge in [-0.15, -0.1) is 11.8 Å². The summed E-state index contributed by atoms with van der Waals surface area (Å²) in [7, 11) is 0. The van der Waals surface area contributed by atoms with Gasteiger partial charge in [-0.3, -0.25) is 14.9 Å². The molecule has 1 aliphatic rings. The van der Waals surface area contributed by atoms with Crippen LogP contribution in [0.25, 0.3) is 0 Å². The van der Waals surface area contributed by atoms with Crippen LogP contribution in [0.3, 0.4) is 0 Å². The van der Waals surface area contributed by atoms with E-state index in [4.69, 9.17) is 0 Å². The first-order valence-corrected chi connectivity index (χ1v) is 10.6. The number of Topliss-reactive ketones (excluding diaryl/α,β-unsaturated/α-hetero) is 1. The van der Waals surface area contributed by atoms with Crippen molar-refractivity contribution in [3.8, 4) is 0 Å². The first-order valence-electron chi connectivity index (χ1n) is 9.72. The Morgan fingerprint density at radius 1 is 1.06 bits per heavy atom. The minimum Gasteiger partial charge on any atom is -0.748 e. The molecule has 0 radical (unpaired) electrons. The number of rotatable bonds is 8. The molecular formula is C22H26N2O6RuS-6. The molecule has 180 valence electrons. The molecule has 0 aliphatic carbocycles. The molecule has 3 rings (SSSR count). The smallest absolute Gasteiger partial charge is 0.328 e. The molecule has 1 aliphatic heterocycles. The van der Waals surface area contributed by atoms with Crippen LogP contribution in [0.4, 0.5) is 0 Å². The molecule has 10 heteroatoms. The average molecular weight is 548 g/mol. The number of hydrogen-bond donors (Lipinski definition) is 4. The summed E-state index contributed by atoms with van der Waals surface area (Å²) in [4.78, 5) is 46.9. The van der Waals surface area contributed by atoms with E-state index in [0.29, 0.717) is 5.56 Å². The van der Waals surface area contributed by atoms with Crippen LogP contribution in [0.5, 0.6) is 0 Å². The maximum Gasteiger partial charge on any atom is 0.328 e. The third-order valence-electron chi connectivity index (χ3n) is 4.71. The topological polar surface area (TPSA) is 133 Å². The second-order valence-electron chi connectivity index (χ2n) is 7.52. The van der Waals surface area contributed by atoms with Crippen LogP contribution in [-0.4, -0.2) is 56.0 Å². The fourth-order valence-corrected chi connectivity index (χ4v) is 4.58. The summed E-state index contributed by atoms with van der Waals surface area (Å²) in [6.45, 7) is 3.39. The van der Waals surface area contributed by atoms with Crippen molar-refractivity contribution in [1.82, 2.24) is 10.6 Å². The molecule has 0 unspecified atom stereocenters.